The highest BCUT2D eigenvalue weighted by Gasteiger charge is 2.04. The zero-order valence-corrected chi connectivity index (χ0v) is 8.30. The molecule has 2 heteroatoms. The Morgan fingerprint density at radius 3 is 2.46 bits per heavy atom. The molecule has 0 radical (unpaired) electrons. The van der Waals surface area contributed by atoms with Crippen molar-refractivity contribution in [3.05, 3.63) is 23.3 Å². The predicted octanol–water partition coefficient (Wildman–Crippen LogP) is 2.49. The van der Waals surface area contributed by atoms with E-state index in [4.69, 9.17) is 5.73 Å². The number of phenols is 1. The summed E-state index contributed by atoms with van der Waals surface area (Å²) in [6, 6.07) is 3.66. The molecule has 0 heterocycles. The summed E-state index contributed by atoms with van der Waals surface area (Å²) in [5.74, 6) is 0.209. The Morgan fingerprint density at radius 1 is 1.23 bits per heavy atom. The first-order chi connectivity index (χ1) is 6.19. The summed E-state index contributed by atoms with van der Waals surface area (Å²) in [4.78, 5) is 0. The number of rotatable bonds is 3. The van der Waals surface area contributed by atoms with E-state index in [1.165, 1.54) is 11.1 Å². The van der Waals surface area contributed by atoms with E-state index in [1.54, 1.807) is 6.07 Å². The Hall–Kier alpha value is -1.18. The van der Waals surface area contributed by atoms with Crippen molar-refractivity contribution < 1.29 is 5.11 Å². The molecule has 0 saturated heterocycles. The van der Waals surface area contributed by atoms with Crippen LogP contribution in [0.1, 0.15) is 31.4 Å². The molecule has 0 saturated carbocycles. The third-order valence-corrected chi connectivity index (χ3v) is 2.25. The highest BCUT2D eigenvalue weighted by atomic mass is 16.3. The van der Waals surface area contributed by atoms with E-state index >= 15 is 0 Å². The van der Waals surface area contributed by atoms with Gasteiger partial charge in [0, 0.05) is 0 Å². The summed E-state index contributed by atoms with van der Waals surface area (Å²) >= 11 is 0. The topological polar surface area (TPSA) is 46.2 Å². The fourth-order valence-electron chi connectivity index (χ4n) is 1.53. The first-order valence-corrected chi connectivity index (χ1v) is 4.79. The first-order valence-electron chi connectivity index (χ1n) is 4.79. The lowest BCUT2D eigenvalue weighted by molar-refractivity contribution is 0.477. The van der Waals surface area contributed by atoms with E-state index in [-0.39, 0.29) is 5.75 Å². The van der Waals surface area contributed by atoms with Crippen molar-refractivity contribution >= 4 is 5.69 Å². The fourth-order valence-corrected chi connectivity index (χ4v) is 1.53. The van der Waals surface area contributed by atoms with E-state index in [9.17, 15) is 5.11 Å². The van der Waals surface area contributed by atoms with Crippen LogP contribution in [0.2, 0.25) is 0 Å². The predicted molar refractivity (Wildman–Crippen MR) is 55.9 cm³/mol. The number of phenolic OH excluding ortho intramolecular Hbond substituents is 1. The third kappa shape index (κ3) is 2.14. The summed E-state index contributed by atoms with van der Waals surface area (Å²) < 4.78 is 0. The van der Waals surface area contributed by atoms with Gasteiger partial charge < -0.3 is 10.8 Å². The van der Waals surface area contributed by atoms with Crippen LogP contribution in [0.25, 0.3) is 0 Å². The number of aryl methyl sites for hydroxylation is 2. The molecule has 0 aliphatic heterocycles. The Balaban J connectivity index is 3.09. The number of benzene rings is 1. The van der Waals surface area contributed by atoms with E-state index in [1.807, 2.05) is 6.07 Å². The summed E-state index contributed by atoms with van der Waals surface area (Å²) in [6.07, 6.45) is 3.08. The van der Waals surface area contributed by atoms with Gasteiger partial charge in [0.05, 0.1) is 5.69 Å². The molecule has 13 heavy (non-hydrogen) atoms. The molecule has 0 fully saturated rings. The molecule has 1 aromatic rings. The number of anilines is 1. The van der Waals surface area contributed by atoms with Crippen LogP contribution >= 0.6 is 0 Å². The highest BCUT2D eigenvalue weighted by Crippen LogP contribution is 2.25. The van der Waals surface area contributed by atoms with Gasteiger partial charge >= 0.3 is 0 Å². The monoisotopic (exact) mass is 179 g/mol. The van der Waals surface area contributed by atoms with Crippen LogP contribution in [0, 0.1) is 0 Å². The fraction of sp³-hybridized carbons (Fsp3) is 0.455. The summed E-state index contributed by atoms with van der Waals surface area (Å²) in [5, 5.41) is 9.42. The van der Waals surface area contributed by atoms with E-state index in [0.717, 1.165) is 19.3 Å². The molecule has 0 aliphatic carbocycles. The van der Waals surface area contributed by atoms with Crippen LogP contribution < -0.4 is 5.73 Å². The van der Waals surface area contributed by atoms with Crippen molar-refractivity contribution in [1.29, 1.82) is 0 Å². The maximum Gasteiger partial charge on any atom is 0.138 e. The number of nitrogens with two attached hydrogens (primary N) is 1. The lowest BCUT2D eigenvalue weighted by Crippen LogP contribution is -1.95. The molecule has 0 aliphatic rings. The number of nitrogen functional groups attached to an aromatic ring is 1. The lowest BCUT2D eigenvalue weighted by atomic mass is 10.00. The van der Waals surface area contributed by atoms with Gasteiger partial charge in [0.15, 0.2) is 0 Å². The molecule has 0 atom stereocenters. The molecule has 2 nitrogen and oxygen atoms in total. The number of aromatic hydroxyl groups is 1. The van der Waals surface area contributed by atoms with Gasteiger partial charge in [-0.1, -0.05) is 20.3 Å². The zero-order valence-electron chi connectivity index (χ0n) is 8.30. The second-order valence-electron chi connectivity index (χ2n) is 3.28. The number of hydrogen-bond acceptors (Lipinski definition) is 2. The highest BCUT2D eigenvalue weighted by molar-refractivity contribution is 5.56. The normalized spacial score (nSPS) is 10.3. The van der Waals surface area contributed by atoms with Gasteiger partial charge in [-0.15, -0.1) is 0 Å². The zero-order chi connectivity index (χ0) is 9.84. The lowest BCUT2D eigenvalue weighted by Gasteiger charge is -2.09. The van der Waals surface area contributed by atoms with Gasteiger partial charge in [-0.2, -0.15) is 0 Å². The van der Waals surface area contributed by atoms with Crippen LogP contribution in [0.3, 0.4) is 0 Å². The second kappa shape index (κ2) is 4.17. The molecular weight excluding hydrogens is 162 g/mol. The molecular formula is C11H17NO. The minimum absolute atomic E-state index is 0.209. The molecule has 3 N–H and O–H groups in total. The third-order valence-electron chi connectivity index (χ3n) is 2.25. The van der Waals surface area contributed by atoms with E-state index in [2.05, 4.69) is 13.8 Å². The quantitative estimate of drug-likeness (QED) is 0.553. The maximum atomic E-state index is 9.42. The van der Waals surface area contributed by atoms with Gasteiger partial charge in [-0.25, -0.2) is 0 Å². The molecule has 0 unspecified atom stereocenters. The molecule has 0 bridgehead atoms. The number of hydrogen-bond donors (Lipinski definition) is 2. The van der Waals surface area contributed by atoms with E-state index in [0.29, 0.717) is 5.69 Å². The average Bonchev–Trinajstić information content (AvgIpc) is 2.11. The Bertz CT molecular complexity index is 294. The Kier molecular flexibility index (Phi) is 3.18. The largest absolute Gasteiger partial charge is 0.506 e. The van der Waals surface area contributed by atoms with Gasteiger partial charge in [-0.05, 0) is 36.1 Å². The van der Waals surface area contributed by atoms with Crippen molar-refractivity contribution in [1.82, 2.24) is 0 Å². The Labute approximate surface area is 79.4 Å². The van der Waals surface area contributed by atoms with Crippen molar-refractivity contribution in [3.8, 4) is 5.75 Å². The van der Waals surface area contributed by atoms with Crippen molar-refractivity contribution in [2.45, 2.75) is 33.1 Å². The van der Waals surface area contributed by atoms with Gasteiger partial charge in [0.1, 0.15) is 5.75 Å². The Morgan fingerprint density at radius 2 is 1.92 bits per heavy atom. The van der Waals surface area contributed by atoms with Gasteiger partial charge in [0.2, 0.25) is 0 Å². The molecule has 0 spiro atoms. The minimum atomic E-state index is 0.209. The molecule has 1 aromatic carbocycles. The van der Waals surface area contributed by atoms with Gasteiger partial charge in [-0.3, -0.25) is 0 Å². The van der Waals surface area contributed by atoms with Crippen molar-refractivity contribution in [2.75, 3.05) is 5.73 Å². The molecule has 0 aromatic heterocycles. The van der Waals surface area contributed by atoms with Crippen molar-refractivity contribution in [3.63, 3.8) is 0 Å². The average molecular weight is 179 g/mol. The molecule has 0 amide bonds. The SMILES string of the molecule is CCCc1cc(O)c(N)cc1CC. The van der Waals surface area contributed by atoms with Gasteiger partial charge in [0.25, 0.3) is 0 Å². The van der Waals surface area contributed by atoms with Crippen LogP contribution in [0.5, 0.6) is 5.75 Å². The molecule has 1 rings (SSSR count). The standard InChI is InChI=1S/C11H17NO/c1-3-5-9-7-11(13)10(12)6-8(9)4-2/h6-7,13H,3-5,12H2,1-2H3. The van der Waals surface area contributed by atoms with Crippen LogP contribution in [-0.2, 0) is 12.8 Å². The maximum absolute atomic E-state index is 9.42. The van der Waals surface area contributed by atoms with Crippen LogP contribution in [0.4, 0.5) is 5.69 Å². The summed E-state index contributed by atoms with van der Waals surface area (Å²) in [6.45, 7) is 4.23. The second-order valence-corrected chi connectivity index (χ2v) is 3.28. The minimum Gasteiger partial charge on any atom is -0.506 e. The van der Waals surface area contributed by atoms with E-state index < -0.39 is 0 Å². The van der Waals surface area contributed by atoms with Crippen LogP contribution in [-0.4, -0.2) is 5.11 Å². The smallest absolute Gasteiger partial charge is 0.138 e. The summed E-state index contributed by atoms with van der Waals surface area (Å²) in [5.41, 5.74) is 8.56. The molecule has 72 valence electrons. The first kappa shape index (κ1) is 9.90. The van der Waals surface area contributed by atoms with Crippen molar-refractivity contribution in [2.24, 2.45) is 0 Å². The van der Waals surface area contributed by atoms with Crippen LogP contribution in [0.15, 0.2) is 12.1 Å². The summed E-state index contributed by atoms with van der Waals surface area (Å²) in [7, 11) is 0.